The van der Waals surface area contributed by atoms with Crippen LogP contribution in [0.15, 0.2) is 64.4 Å². The summed E-state index contributed by atoms with van der Waals surface area (Å²) < 4.78 is 58.2. The third kappa shape index (κ3) is 5.60. The molecule has 0 amide bonds. The van der Waals surface area contributed by atoms with E-state index in [-0.39, 0.29) is 15.4 Å². The minimum absolute atomic E-state index is 0.000279. The molecule has 1 aliphatic rings. The Hall–Kier alpha value is -2.60. The summed E-state index contributed by atoms with van der Waals surface area (Å²) in [6, 6.07) is 11.8. The second-order valence-electron chi connectivity index (χ2n) is 7.32. The van der Waals surface area contributed by atoms with Crippen molar-refractivity contribution in [3.8, 4) is 0 Å². The van der Waals surface area contributed by atoms with E-state index in [1.165, 1.54) is 47.6 Å². The summed E-state index contributed by atoms with van der Waals surface area (Å²) in [6.45, 7) is 1.66. The largest absolute Gasteiger partial charge is 0.456 e. The number of Topliss-reactive ketones (excluding diaryl/α,β-unsaturated/α-hetero) is 1. The molecule has 2 aromatic rings. The number of carbonyl (C=O) groups is 2. The van der Waals surface area contributed by atoms with Gasteiger partial charge >= 0.3 is 5.97 Å². The fourth-order valence-electron chi connectivity index (χ4n) is 3.18. The van der Waals surface area contributed by atoms with Crippen molar-refractivity contribution in [2.75, 3.05) is 19.7 Å². The zero-order chi connectivity index (χ0) is 23.4. The van der Waals surface area contributed by atoms with Crippen LogP contribution in [0.1, 0.15) is 30.1 Å². The Kier molecular flexibility index (Phi) is 7.44. The molecule has 3 rings (SSSR count). The predicted molar refractivity (Wildman–Crippen MR) is 116 cm³/mol. The smallest absolute Gasteiger partial charge is 0.324 e. The number of nitrogens with zero attached hydrogens (tertiary/aromatic N) is 1. The molecule has 1 saturated heterocycles. The van der Waals surface area contributed by atoms with E-state index in [2.05, 4.69) is 4.72 Å². The zero-order valence-electron chi connectivity index (χ0n) is 17.4. The average molecular weight is 481 g/mol. The van der Waals surface area contributed by atoms with E-state index in [0.29, 0.717) is 13.1 Å². The third-order valence-corrected chi connectivity index (χ3v) is 8.43. The maximum absolute atomic E-state index is 12.5. The first-order valence-electron chi connectivity index (χ1n) is 9.99. The molecule has 11 heteroatoms. The van der Waals surface area contributed by atoms with Crippen LogP contribution in [0, 0.1) is 0 Å². The van der Waals surface area contributed by atoms with Crippen molar-refractivity contribution >= 4 is 31.8 Å². The van der Waals surface area contributed by atoms with Crippen LogP contribution in [-0.4, -0.2) is 58.6 Å². The monoisotopic (exact) mass is 480 g/mol. The summed E-state index contributed by atoms with van der Waals surface area (Å²) >= 11 is 0. The molecule has 0 bridgehead atoms. The van der Waals surface area contributed by atoms with Gasteiger partial charge in [-0.25, -0.2) is 16.8 Å². The Morgan fingerprint density at radius 1 is 0.938 bits per heavy atom. The van der Waals surface area contributed by atoms with Gasteiger partial charge in [0.1, 0.15) is 6.04 Å². The SMILES string of the molecule is CC(NS(=O)(=O)c1ccccc1)C(=O)OCC(=O)c1ccc(S(=O)(=O)N2CCCC2)cc1. The number of carbonyl (C=O) groups excluding carboxylic acids is 2. The van der Waals surface area contributed by atoms with Gasteiger partial charge in [-0.05, 0) is 56.2 Å². The number of benzene rings is 2. The lowest BCUT2D eigenvalue weighted by atomic mass is 10.1. The van der Waals surface area contributed by atoms with E-state index in [0.717, 1.165) is 12.8 Å². The minimum atomic E-state index is -3.92. The Morgan fingerprint density at radius 3 is 2.12 bits per heavy atom. The maximum atomic E-state index is 12.5. The lowest BCUT2D eigenvalue weighted by Crippen LogP contribution is -2.40. The van der Waals surface area contributed by atoms with E-state index in [4.69, 9.17) is 4.74 Å². The van der Waals surface area contributed by atoms with Crippen LogP contribution in [0.2, 0.25) is 0 Å². The van der Waals surface area contributed by atoms with Crippen LogP contribution in [0.4, 0.5) is 0 Å². The highest BCUT2D eigenvalue weighted by Gasteiger charge is 2.27. The normalized spacial score (nSPS) is 15.9. The molecule has 1 atom stereocenters. The molecule has 172 valence electrons. The first-order valence-corrected chi connectivity index (χ1v) is 12.9. The molecule has 1 fully saturated rings. The van der Waals surface area contributed by atoms with Crippen molar-refractivity contribution in [1.82, 2.24) is 9.03 Å². The molecular weight excluding hydrogens is 456 g/mol. The quantitative estimate of drug-likeness (QED) is 0.426. The molecule has 2 aromatic carbocycles. The molecule has 0 radical (unpaired) electrons. The molecule has 1 aliphatic heterocycles. The van der Waals surface area contributed by atoms with Crippen molar-refractivity contribution < 1.29 is 31.2 Å². The summed E-state index contributed by atoms with van der Waals surface area (Å²) in [5, 5.41) is 0. The Balaban J connectivity index is 1.56. The lowest BCUT2D eigenvalue weighted by molar-refractivity contribution is -0.144. The number of ether oxygens (including phenoxy) is 1. The number of hydrogen-bond donors (Lipinski definition) is 1. The number of hydrogen-bond acceptors (Lipinski definition) is 7. The van der Waals surface area contributed by atoms with Gasteiger partial charge in [0.15, 0.2) is 12.4 Å². The molecule has 9 nitrogen and oxygen atoms in total. The van der Waals surface area contributed by atoms with Crippen LogP contribution in [0.25, 0.3) is 0 Å². The van der Waals surface area contributed by atoms with Gasteiger partial charge in [-0.1, -0.05) is 18.2 Å². The van der Waals surface area contributed by atoms with Crippen LogP contribution in [0.3, 0.4) is 0 Å². The molecule has 1 unspecified atom stereocenters. The average Bonchev–Trinajstić information content (AvgIpc) is 3.33. The van der Waals surface area contributed by atoms with Gasteiger partial charge < -0.3 is 4.74 Å². The van der Waals surface area contributed by atoms with Gasteiger partial charge in [-0.3, -0.25) is 9.59 Å². The second kappa shape index (κ2) is 9.90. The van der Waals surface area contributed by atoms with Crippen molar-refractivity contribution in [2.45, 2.75) is 35.6 Å². The van der Waals surface area contributed by atoms with E-state index < -0.39 is 44.4 Å². The fourth-order valence-corrected chi connectivity index (χ4v) is 5.91. The minimum Gasteiger partial charge on any atom is -0.456 e. The molecular formula is C21H24N2O7S2. The summed E-state index contributed by atoms with van der Waals surface area (Å²) in [6.07, 6.45) is 1.64. The highest BCUT2D eigenvalue weighted by Crippen LogP contribution is 2.21. The summed E-state index contributed by atoms with van der Waals surface area (Å²) in [5.74, 6) is -1.45. The second-order valence-corrected chi connectivity index (χ2v) is 11.0. The van der Waals surface area contributed by atoms with Crippen molar-refractivity contribution in [2.24, 2.45) is 0 Å². The van der Waals surface area contributed by atoms with E-state index >= 15 is 0 Å². The van der Waals surface area contributed by atoms with Crippen molar-refractivity contribution in [1.29, 1.82) is 0 Å². The Bertz CT molecular complexity index is 1170. The number of nitrogens with one attached hydrogen (secondary N) is 1. The number of esters is 1. The van der Waals surface area contributed by atoms with Crippen molar-refractivity contribution in [3.63, 3.8) is 0 Å². The van der Waals surface area contributed by atoms with E-state index in [1.807, 2.05) is 0 Å². The molecule has 32 heavy (non-hydrogen) atoms. The topological polar surface area (TPSA) is 127 Å². The first-order chi connectivity index (χ1) is 15.1. The van der Waals surface area contributed by atoms with Gasteiger partial charge in [0.25, 0.3) is 0 Å². The number of ketones is 1. The highest BCUT2D eigenvalue weighted by molar-refractivity contribution is 7.89. The Morgan fingerprint density at radius 2 is 1.53 bits per heavy atom. The summed E-state index contributed by atoms with van der Waals surface area (Å²) in [4.78, 5) is 24.5. The van der Waals surface area contributed by atoms with E-state index in [1.54, 1.807) is 18.2 Å². The van der Waals surface area contributed by atoms with Crippen LogP contribution in [0.5, 0.6) is 0 Å². The van der Waals surface area contributed by atoms with Crippen LogP contribution >= 0.6 is 0 Å². The van der Waals surface area contributed by atoms with E-state index in [9.17, 15) is 26.4 Å². The molecule has 0 aromatic heterocycles. The molecule has 0 aliphatic carbocycles. The highest BCUT2D eigenvalue weighted by atomic mass is 32.2. The Labute approximate surface area is 187 Å². The molecule has 0 spiro atoms. The molecule has 1 heterocycles. The first kappa shape index (κ1) is 24.1. The van der Waals surface area contributed by atoms with Crippen LogP contribution in [-0.2, 0) is 29.6 Å². The molecule has 1 N–H and O–H groups in total. The van der Waals surface area contributed by atoms with Gasteiger partial charge in [-0.2, -0.15) is 9.03 Å². The van der Waals surface area contributed by atoms with Gasteiger partial charge in [0, 0.05) is 18.7 Å². The number of sulfonamides is 2. The lowest BCUT2D eigenvalue weighted by Gasteiger charge is -2.15. The summed E-state index contributed by atoms with van der Waals surface area (Å²) in [5.41, 5.74) is 0.177. The standard InChI is InChI=1S/C21H24N2O7S2/c1-16(22-31(26,27)18-7-3-2-4-8-18)21(25)30-15-20(24)17-9-11-19(12-10-17)32(28,29)23-13-5-6-14-23/h2-4,7-12,16,22H,5-6,13-15H2,1H3. The number of rotatable bonds is 9. The maximum Gasteiger partial charge on any atom is 0.324 e. The van der Waals surface area contributed by atoms with Crippen LogP contribution < -0.4 is 4.72 Å². The predicted octanol–water partition coefficient (Wildman–Crippen LogP) is 1.56. The van der Waals surface area contributed by atoms with Gasteiger partial charge in [0.05, 0.1) is 9.79 Å². The fraction of sp³-hybridized carbons (Fsp3) is 0.333. The van der Waals surface area contributed by atoms with Gasteiger partial charge in [-0.15, -0.1) is 0 Å². The van der Waals surface area contributed by atoms with Crippen molar-refractivity contribution in [3.05, 3.63) is 60.2 Å². The van der Waals surface area contributed by atoms with Gasteiger partial charge in [0.2, 0.25) is 20.0 Å². The zero-order valence-corrected chi connectivity index (χ0v) is 19.1. The molecule has 0 saturated carbocycles. The third-order valence-electron chi connectivity index (χ3n) is 4.96. The summed E-state index contributed by atoms with van der Waals surface area (Å²) in [7, 11) is -7.50.